The second kappa shape index (κ2) is 4.85. The molecule has 0 bridgehead atoms. The van der Waals surface area contributed by atoms with E-state index in [2.05, 4.69) is 17.6 Å². The average molecular weight is 204 g/mol. The van der Waals surface area contributed by atoms with E-state index in [-0.39, 0.29) is 0 Å². The minimum Gasteiger partial charge on any atom is -0.312 e. The molecule has 1 aromatic heterocycles. The fourth-order valence-corrected chi connectivity index (χ4v) is 2.19. The van der Waals surface area contributed by atoms with Crippen molar-refractivity contribution in [2.24, 2.45) is 0 Å². The van der Waals surface area contributed by atoms with Gasteiger partial charge in [0.05, 0.1) is 5.02 Å². The molecule has 1 rings (SSSR count). The molecule has 1 N–H and O–H groups in total. The summed E-state index contributed by atoms with van der Waals surface area (Å²) in [5.74, 6) is 0. The van der Waals surface area contributed by atoms with Gasteiger partial charge >= 0.3 is 0 Å². The second-order valence-corrected chi connectivity index (χ2v) is 4.17. The van der Waals surface area contributed by atoms with Crippen molar-refractivity contribution in [1.82, 2.24) is 5.32 Å². The predicted molar refractivity (Wildman–Crippen MR) is 56.1 cm³/mol. The number of halogens is 1. The van der Waals surface area contributed by atoms with Crippen LogP contribution in [0.5, 0.6) is 0 Å². The molecule has 3 heteroatoms. The molecule has 0 aliphatic heterocycles. The molecule has 0 aromatic carbocycles. The monoisotopic (exact) mass is 203 g/mol. The summed E-state index contributed by atoms with van der Waals surface area (Å²) in [6.07, 6.45) is 1.17. The highest BCUT2D eigenvalue weighted by Crippen LogP contribution is 2.26. The van der Waals surface area contributed by atoms with E-state index in [0.717, 1.165) is 18.1 Å². The molecule has 0 amide bonds. The Labute approximate surface area is 82.7 Å². The molecule has 0 saturated heterocycles. The van der Waals surface area contributed by atoms with Crippen LogP contribution in [0.15, 0.2) is 5.38 Å². The maximum Gasteiger partial charge on any atom is 0.0587 e. The van der Waals surface area contributed by atoms with Crippen LogP contribution in [0.2, 0.25) is 5.02 Å². The first-order valence-corrected chi connectivity index (χ1v) is 5.44. The van der Waals surface area contributed by atoms with Crippen LogP contribution < -0.4 is 5.32 Å². The molecule has 1 aromatic rings. The Kier molecular flexibility index (Phi) is 4.06. The van der Waals surface area contributed by atoms with Gasteiger partial charge in [0.15, 0.2) is 0 Å². The standard InChI is InChI=1S/C9H14ClNS/c1-3-4-11-5-8-9(10)7(2)6-12-8/h6,11H,3-5H2,1-2H3. The second-order valence-electron chi connectivity index (χ2n) is 2.83. The lowest BCUT2D eigenvalue weighted by molar-refractivity contribution is 0.681. The highest BCUT2D eigenvalue weighted by molar-refractivity contribution is 7.10. The summed E-state index contributed by atoms with van der Waals surface area (Å²) in [5, 5.41) is 6.37. The zero-order valence-corrected chi connectivity index (χ0v) is 9.06. The van der Waals surface area contributed by atoms with Crippen molar-refractivity contribution in [2.45, 2.75) is 26.8 Å². The number of hydrogen-bond donors (Lipinski definition) is 1. The van der Waals surface area contributed by atoms with E-state index in [0.29, 0.717) is 0 Å². The van der Waals surface area contributed by atoms with Crippen molar-refractivity contribution in [3.05, 3.63) is 20.8 Å². The van der Waals surface area contributed by atoms with Crippen molar-refractivity contribution in [2.75, 3.05) is 6.54 Å². The quantitative estimate of drug-likeness (QED) is 0.742. The van der Waals surface area contributed by atoms with Crippen LogP contribution in [-0.4, -0.2) is 6.54 Å². The molecule has 0 aliphatic carbocycles. The number of thiophene rings is 1. The SMILES string of the molecule is CCCNCc1scc(C)c1Cl. The highest BCUT2D eigenvalue weighted by Gasteiger charge is 2.04. The first kappa shape index (κ1) is 10.0. The van der Waals surface area contributed by atoms with E-state index in [1.807, 2.05) is 6.92 Å². The van der Waals surface area contributed by atoms with Gasteiger partial charge in [-0.05, 0) is 30.8 Å². The Balaban J connectivity index is 2.46. The topological polar surface area (TPSA) is 12.0 Å². The zero-order chi connectivity index (χ0) is 8.97. The number of nitrogens with one attached hydrogen (secondary N) is 1. The maximum atomic E-state index is 6.06. The third-order valence-corrected chi connectivity index (χ3v) is 3.42. The van der Waals surface area contributed by atoms with E-state index < -0.39 is 0 Å². The molecule has 0 unspecified atom stereocenters. The molecule has 1 heterocycles. The molecule has 0 spiro atoms. The molecule has 68 valence electrons. The van der Waals surface area contributed by atoms with Crippen LogP contribution in [0.1, 0.15) is 23.8 Å². The van der Waals surface area contributed by atoms with Crippen molar-refractivity contribution >= 4 is 22.9 Å². The highest BCUT2D eigenvalue weighted by atomic mass is 35.5. The van der Waals surface area contributed by atoms with Crippen molar-refractivity contribution in [3.8, 4) is 0 Å². The van der Waals surface area contributed by atoms with Gasteiger partial charge in [-0.15, -0.1) is 11.3 Å². The first-order valence-electron chi connectivity index (χ1n) is 4.19. The fraction of sp³-hybridized carbons (Fsp3) is 0.556. The lowest BCUT2D eigenvalue weighted by atomic mass is 10.3. The minimum atomic E-state index is 0.908. The van der Waals surface area contributed by atoms with Gasteiger partial charge in [-0.25, -0.2) is 0 Å². The molecule has 0 radical (unpaired) electrons. The Bertz CT molecular complexity index is 245. The van der Waals surface area contributed by atoms with Crippen LogP contribution in [-0.2, 0) is 6.54 Å². The Morgan fingerprint density at radius 2 is 2.33 bits per heavy atom. The third-order valence-electron chi connectivity index (χ3n) is 1.68. The average Bonchev–Trinajstić information content (AvgIpc) is 2.36. The molecule has 12 heavy (non-hydrogen) atoms. The summed E-state index contributed by atoms with van der Waals surface area (Å²) >= 11 is 7.79. The molecular weight excluding hydrogens is 190 g/mol. The Morgan fingerprint density at radius 1 is 1.58 bits per heavy atom. The van der Waals surface area contributed by atoms with Gasteiger partial charge in [0.2, 0.25) is 0 Å². The van der Waals surface area contributed by atoms with E-state index >= 15 is 0 Å². The molecular formula is C9H14ClNS. The van der Waals surface area contributed by atoms with Gasteiger partial charge in [-0.2, -0.15) is 0 Å². The fourth-order valence-electron chi connectivity index (χ4n) is 0.981. The number of hydrogen-bond acceptors (Lipinski definition) is 2. The molecule has 0 aliphatic rings. The summed E-state index contributed by atoms with van der Waals surface area (Å²) in [6.45, 7) is 6.18. The van der Waals surface area contributed by atoms with Gasteiger partial charge in [0, 0.05) is 11.4 Å². The lowest BCUT2D eigenvalue weighted by Gasteiger charge is -2.00. The van der Waals surface area contributed by atoms with E-state index in [1.54, 1.807) is 11.3 Å². The van der Waals surface area contributed by atoms with E-state index in [4.69, 9.17) is 11.6 Å². The van der Waals surface area contributed by atoms with Gasteiger partial charge in [0.25, 0.3) is 0 Å². The normalized spacial score (nSPS) is 10.6. The van der Waals surface area contributed by atoms with Crippen LogP contribution in [0.25, 0.3) is 0 Å². The van der Waals surface area contributed by atoms with Gasteiger partial charge in [-0.1, -0.05) is 18.5 Å². The van der Waals surface area contributed by atoms with E-state index in [1.165, 1.54) is 16.9 Å². The summed E-state index contributed by atoms with van der Waals surface area (Å²) < 4.78 is 0. The first-order chi connectivity index (χ1) is 5.75. The Morgan fingerprint density at radius 3 is 2.83 bits per heavy atom. The molecule has 0 saturated carbocycles. The van der Waals surface area contributed by atoms with Crippen molar-refractivity contribution in [3.63, 3.8) is 0 Å². The van der Waals surface area contributed by atoms with Crippen LogP contribution in [0.4, 0.5) is 0 Å². The molecule has 0 fully saturated rings. The maximum absolute atomic E-state index is 6.06. The summed E-state index contributed by atoms with van der Waals surface area (Å²) in [6, 6.07) is 0. The van der Waals surface area contributed by atoms with Gasteiger partial charge < -0.3 is 5.32 Å². The smallest absolute Gasteiger partial charge is 0.0587 e. The van der Waals surface area contributed by atoms with Crippen molar-refractivity contribution in [1.29, 1.82) is 0 Å². The Hall–Kier alpha value is -0.0500. The lowest BCUT2D eigenvalue weighted by Crippen LogP contribution is -2.12. The van der Waals surface area contributed by atoms with Crippen LogP contribution in [0.3, 0.4) is 0 Å². The number of aryl methyl sites for hydroxylation is 1. The summed E-state index contributed by atoms with van der Waals surface area (Å²) in [5.41, 5.74) is 1.19. The third kappa shape index (κ3) is 2.47. The summed E-state index contributed by atoms with van der Waals surface area (Å²) in [4.78, 5) is 1.25. The van der Waals surface area contributed by atoms with E-state index in [9.17, 15) is 0 Å². The van der Waals surface area contributed by atoms with Gasteiger partial charge in [-0.3, -0.25) is 0 Å². The molecule has 1 nitrogen and oxygen atoms in total. The molecule has 0 atom stereocenters. The largest absolute Gasteiger partial charge is 0.312 e. The van der Waals surface area contributed by atoms with Crippen LogP contribution >= 0.6 is 22.9 Å². The summed E-state index contributed by atoms with van der Waals surface area (Å²) in [7, 11) is 0. The minimum absolute atomic E-state index is 0.908. The van der Waals surface area contributed by atoms with Crippen molar-refractivity contribution < 1.29 is 0 Å². The number of rotatable bonds is 4. The van der Waals surface area contributed by atoms with Crippen LogP contribution in [0, 0.1) is 6.92 Å². The predicted octanol–water partition coefficient (Wildman–Crippen LogP) is 3.21. The van der Waals surface area contributed by atoms with Gasteiger partial charge in [0.1, 0.15) is 0 Å². The zero-order valence-electron chi connectivity index (χ0n) is 7.48.